The molecule has 0 spiro atoms. The maximum absolute atomic E-state index is 3.63. The Morgan fingerprint density at radius 1 is 1.11 bits per heavy atom. The minimum absolute atomic E-state index is 0.434. The van der Waals surface area contributed by atoms with E-state index in [1.54, 1.807) is 0 Å². The lowest BCUT2D eigenvalue weighted by molar-refractivity contribution is 0.557. The summed E-state index contributed by atoms with van der Waals surface area (Å²) in [6, 6.07) is 11.5. The summed E-state index contributed by atoms with van der Waals surface area (Å²) < 4.78 is 0. The number of hydrogen-bond acceptors (Lipinski definition) is 2. The van der Waals surface area contributed by atoms with E-state index in [0.29, 0.717) is 6.04 Å². The van der Waals surface area contributed by atoms with Crippen molar-refractivity contribution in [1.82, 2.24) is 5.32 Å². The van der Waals surface area contributed by atoms with E-state index in [2.05, 4.69) is 63.3 Å². The molecule has 0 aliphatic carbocycles. The van der Waals surface area contributed by atoms with Crippen LogP contribution in [-0.2, 0) is 6.42 Å². The second-order valence-electron chi connectivity index (χ2n) is 5.13. The molecule has 2 heteroatoms. The van der Waals surface area contributed by atoms with Crippen LogP contribution in [-0.4, -0.2) is 6.54 Å². The van der Waals surface area contributed by atoms with Crippen LogP contribution in [0.5, 0.6) is 0 Å². The van der Waals surface area contributed by atoms with Gasteiger partial charge in [0.05, 0.1) is 0 Å². The first-order valence-corrected chi connectivity index (χ1v) is 7.78. The van der Waals surface area contributed by atoms with Crippen LogP contribution >= 0.6 is 11.3 Å². The fraction of sp³-hybridized carbons (Fsp3) is 0.412. The van der Waals surface area contributed by atoms with Gasteiger partial charge in [-0.25, -0.2) is 0 Å². The molecule has 0 saturated carbocycles. The Balaban J connectivity index is 2.23. The smallest absolute Gasteiger partial charge is 0.0455 e. The molecule has 0 radical (unpaired) electrons. The monoisotopic (exact) mass is 273 g/mol. The van der Waals surface area contributed by atoms with Crippen molar-refractivity contribution in [2.75, 3.05) is 6.54 Å². The third-order valence-electron chi connectivity index (χ3n) is 3.66. The molecule has 102 valence electrons. The zero-order chi connectivity index (χ0) is 13.8. The molecule has 1 unspecified atom stereocenters. The third-order valence-corrected chi connectivity index (χ3v) is 4.93. The van der Waals surface area contributed by atoms with Crippen molar-refractivity contribution in [2.24, 2.45) is 0 Å². The number of likely N-dealkylation sites (N-methyl/N-ethyl adjacent to an activating group) is 1. The lowest BCUT2D eigenvalue weighted by Crippen LogP contribution is -2.22. The average Bonchev–Trinajstić information content (AvgIpc) is 2.72. The molecule has 1 heterocycles. The fourth-order valence-electron chi connectivity index (χ4n) is 2.35. The Bertz CT molecular complexity index is 522. The number of rotatable bonds is 5. The van der Waals surface area contributed by atoms with Gasteiger partial charge >= 0.3 is 0 Å². The summed E-state index contributed by atoms with van der Waals surface area (Å²) >= 11 is 1.93. The topological polar surface area (TPSA) is 12.0 Å². The van der Waals surface area contributed by atoms with Crippen LogP contribution in [0.3, 0.4) is 0 Å². The van der Waals surface area contributed by atoms with E-state index in [-0.39, 0.29) is 0 Å². The Labute approximate surface area is 120 Å². The van der Waals surface area contributed by atoms with Crippen molar-refractivity contribution < 1.29 is 0 Å². The van der Waals surface area contributed by atoms with Crippen molar-refractivity contribution in [3.8, 4) is 0 Å². The molecule has 1 nitrogen and oxygen atoms in total. The van der Waals surface area contributed by atoms with E-state index in [1.807, 2.05) is 11.3 Å². The van der Waals surface area contributed by atoms with Gasteiger partial charge in [0.25, 0.3) is 0 Å². The molecule has 2 aromatic rings. The highest BCUT2D eigenvalue weighted by atomic mass is 32.1. The molecule has 0 saturated heterocycles. The van der Waals surface area contributed by atoms with Gasteiger partial charge in [-0.2, -0.15) is 0 Å². The van der Waals surface area contributed by atoms with Crippen LogP contribution in [0.4, 0.5) is 0 Å². The Hall–Kier alpha value is -1.12. The number of hydrogen-bond donors (Lipinski definition) is 1. The van der Waals surface area contributed by atoms with E-state index < -0.39 is 0 Å². The van der Waals surface area contributed by atoms with Gasteiger partial charge in [0.15, 0.2) is 0 Å². The summed E-state index contributed by atoms with van der Waals surface area (Å²) in [5.74, 6) is 0. The fourth-order valence-corrected chi connectivity index (χ4v) is 3.47. The Kier molecular flexibility index (Phi) is 4.78. The van der Waals surface area contributed by atoms with Crippen LogP contribution in [0.25, 0.3) is 0 Å². The lowest BCUT2D eigenvalue weighted by Gasteiger charge is -2.17. The minimum Gasteiger partial charge on any atom is -0.309 e. The predicted molar refractivity (Wildman–Crippen MR) is 85.1 cm³/mol. The van der Waals surface area contributed by atoms with Gasteiger partial charge in [-0.15, -0.1) is 11.3 Å². The third kappa shape index (κ3) is 3.46. The standard InChI is InChI=1S/C17H23NS/c1-5-18-16(17-10-13(3)14(4)19-17)11-15-9-7-6-8-12(15)2/h6-10,16,18H,5,11H2,1-4H3. The largest absolute Gasteiger partial charge is 0.309 e. The van der Waals surface area contributed by atoms with E-state index in [0.717, 1.165) is 13.0 Å². The van der Waals surface area contributed by atoms with Crippen LogP contribution in [0.1, 0.15) is 39.4 Å². The van der Waals surface area contributed by atoms with Gasteiger partial charge in [-0.3, -0.25) is 0 Å². The van der Waals surface area contributed by atoms with E-state index >= 15 is 0 Å². The number of aryl methyl sites for hydroxylation is 3. The van der Waals surface area contributed by atoms with Crippen molar-refractivity contribution in [3.05, 3.63) is 56.8 Å². The van der Waals surface area contributed by atoms with E-state index in [1.165, 1.54) is 26.4 Å². The SMILES string of the molecule is CCNC(Cc1ccccc1C)c1cc(C)c(C)s1. The number of nitrogens with one attached hydrogen (secondary N) is 1. The van der Waals surface area contributed by atoms with Crippen molar-refractivity contribution in [1.29, 1.82) is 0 Å². The summed E-state index contributed by atoms with van der Waals surface area (Å²) in [5, 5.41) is 3.63. The summed E-state index contributed by atoms with van der Waals surface area (Å²) in [7, 11) is 0. The second-order valence-corrected chi connectivity index (χ2v) is 6.42. The molecule has 0 aliphatic heterocycles. The average molecular weight is 273 g/mol. The first-order chi connectivity index (χ1) is 9.11. The van der Waals surface area contributed by atoms with Crippen LogP contribution < -0.4 is 5.32 Å². The Morgan fingerprint density at radius 2 is 1.84 bits per heavy atom. The van der Waals surface area contributed by atoms with Crippen LogP contribution in [0.2, 0.25) is 0 Å². The normalized spacial score (nSPS) is 12.6. The predicted octanol–water partition coefficient (Wildman–Crippen LogP) is 4.57. The molecule has 19 heavy (non-hydrogen) atoms. The van der Waals surface area contributed by atoms with Crippen molar-refractivity contribution >= 4 is 11.3 Å². The highest BCUT2D eigenvalue weighted by Gasteiger charge is 2.15. The molecule has 0 bridgehead atoms. The summed E-state index contributed by atoms with van der Waals surface area (Å²) in [5.41, 5.74) is 4.24. The van der Waals surface area contributed by atoms with Crippen molar-refractivity contribution in [3.63, 3.8) is 0 Å². The highest BCUT2D eigenvalue weighted by Crippen LogP contribution is 2.29. The zero-order valence-electron chi connectivity index (χ0n) is 12.3. The maximum Gasteiger partial charge on any atom is 0.0455 e. The molecule has 0 fully saturated rings. The maximum atomic E-state index is 3.63. The van der Waals surface area contributed by atoms with Crippen LogP contribution in [0.15, 0.2) is 30.3 Å². The van der Waals surface area contributed by atoms with E-state index in [9.17, 15) is 0 Å². The first-order valence-electron chi connectivity index (χ1n) is 6.96. The number of benzene rings is 1. The molecule has 1 aromatic heterocycles. The highest BCUT2D eigenvalue weighted by molar-refractivity contribution is 7.12. The molecule has 0 aliphatic rings. The number of thiophene rings is 1. The zero-order valence-corrected chi connectivity index (χ0v) is 13.1. The summed E-state index contributed by atoms with van der Waals surface area (Å²) in [6.07, 6.45) is 1.07. The van der Waals surface area contributed by atoms with Gasteiger partial charge in [0.1, 0.15) is 0 Å². The lowest BCUT2D eigenvalue weighted by atomic mass is 10.00. The first kappa shape index (κ1) is 14.3. The Morgan fingerprint density at radius 3 is 2.42 bits per heavy atom. The quantitative estimate of drug-likeness (QED) is 0.841. The van der Waals surface area contributed by atoms with Gasteiger partial charge in [-0.05, 0) is 56.5 Å². The van der Waals surface area contributed by atoms with Gasteiger partial charge in [-0.1, -0.05) is 31.2 Å². The molecule has 0 amide bonds. The summed E-state index contributed by atoms with van der Waals surface area (Å²) in [6.45, 7) is 9.79. The van der Waals surface area contributed by atoms with Crippen LogP contribution in [0, 0.1) is 20.8 Å². The molecule has 2 rings (SSSR count). The second kappa shape index (κ2) is 6.36. The molecule has 1 aromatic carbocycles. The van der Waals surface area contributed by atoms with Crippen molar-refractivity contribution in [2.45, 2.75) is 40.2 Å². The van der Waals surface area contributed by atoms with Gasteiger partial charge in [0.2, 0.25) is 0 Å². The molecular weight excluding hydrogens is 250 g/mol. The minimum atomic E-state index is 0.434. The van der Waals surface area contributed by atoms with Gasteiger partial charge < -0.3 is 5.32 Å². The van der Waals surface area contributed by atoms with E-state index in [4.69, 9.17) is 0 Å². The molecule has 1 atom stereocenters. The summed E-state index contributed by atoms with van der Waals surface area (Å²) in [4.78, 5) is 2.89. The van der Waals surface area contributed by atoms with Gasteiger partial charge in [0, 0.05) is 15.8 Å². The molecular formula is C17H23NS. The molecule has 1 N–H and O–H groups in total.